The van der Waals surface area contributed by atoms with Gasteiger partial charge in [-0.1, -0.05) is 11.6 Å². The van der Waals surface area contributed by atoms with Crippen molar-refractivity contribution in [1.29, 1.82) is 0 Å². The molecule has 0 radical (unpaired) electrons. The highest BCUT2D eigenvalue weighted by Crippen LogP contribution is 2.16. The van der Waals surface area contributed by atoms with Crippen LogP contribution in [0.25, 0.3) is 5.69 Å². The first-order valence-corrected chi connectivity index (χ1v) is 8.09. The van der Waals surface area contributed by atoms with E-state index in [0.717, 1.165) is 24.3 Å². The number of carbonyl (C=O) groups is 2. The first kappa shape index (κ1) is 18.4. The molecule has 0 aliphatic rings. The molecular formula is C17H22N4O4. The average Bonchev–Trinajstić information content (AvgIpc) is 2.99. The number of benzene rings is 1. The van der Waals surface area contributed by atoms with E-state index in [2.05, 4.69) is 15.6 Å². The van der Waals surface area contributed by atoms with Crippen LogP contribution in [-0.4, -0.2) is 45.6 Å². The van der Waals surface area contributed by atoms with Gasteiger partial charge in [-0.25, -0.2) is 4.68 Å². The summed E-state index contributed by atoms with van der Waals surface area (Å²) in [5.41, 5.74) is 1.72. The van der Waals surface area contributed by atoms with Crippen LogP contribution in [-0.2, 0) is 4.79 Å². The van der Waals surface area contributed by atoms with Gasteiger partial charge in [0.1, 0.15) is 5.75 Å². The normalized spacial score (nSPS) is 10.5. The summed E-state index contributed by atoms with van der Waals surface area (Å²) in [6.45, 7) is 2.26. The monoisotopic (exact) mass is 346 g/mol. The van der Waals surface area contributed by atoms with Gasteiger partial charge in [0.2, 0.25) is 0 Å². The molecule has 0 bridgehead atoms. The van der Waals surface area contributed by atoms with E-state index < -0.39 is 5.97 Å². The molecule has 2 rings (SSSR count). The van der Waals surface area contributed by atoms with Crippen LogP contribution in [0.2, 0.25) is 0 Å². The van der Waals surface area contributed by atoms with Crippen LogP contribution >= 0.6 is 0 Å². The third-order valence-corrected chi connectivity index (χ3v) is 3.78. The van der Waals surface area contributed by atoms with Crippen LogP contribution in [0.5, 0.6) is 5.75 Å². The Labute approximate surface area is 145 Å². The number of hydrogen-bond donors (Lipinski definition) is 2. The van der Waals surface area contributed by atoms with Crippen molar-refractivity contribution in [3.63, 3.8) is 0 Å². The predicted octanol–water partition coefficient (Wildman–Crippen LogP) is 1.96. The zero-order chi connectivity index (χ0) is 18.2. The third kappa shape index (κ3) is 5.03. The number of aromatic nitrogens is 3. The maximum atomic E-state index is 12.2. The minimum atomic E-state index is -0.796. The van der Waals surface area contributed by atoms with Crippen molar-refractivity contribution in [3.05, 3.63) is 35.7 Å². The molecule has 8 nitrogen and oxygen atoms in total. The zero-order valence-electron chi connectivity index (χ0n) is 14.4. The molecule has 1 amide bonds. The average molecular weight is 346 g/mol. The van der Waals surface area contributed by atoms with E-state index >= 15 is 0 Å². The zero-order valence-corrected chi connectivity index (χ0v) is 14.4. The van der Waals surface area contributed by atoms with Crippen molar-refractivity contribution in [2.75, 3.05) is 13.7 Å². The maximum absolute atomic E-state index is 12.2. The van der Waals surface area contributed by atoms with E-state index in [0.29, 0.717) is 18.7 Å². The lowest BCUT2D eigenvalue weighted by Crippen LogP contribution is -2.25. The molecule has 0 aliphatic heterocycles. The molecule has 1 aromatic carbocycles. The van der Waals surface area contributed by atoms with Gasteiger partial charge in [0, 0.05) is 13.0 Å². The highest BCUT2D eigenvalue weighted by Gasteiger charge is 2.16. The highest BCUT2D eigenvalue weighted by atomic mass is 16.5. The minimum Gasteiger partial charge on any atom is -0.497 e. The Morgan fingerprint density at radius 2 is 1.92 bits per heavy atom. The van der Waals surface area contributed by atoms with Gasteiger partial charge in [0.25, 0.3) is 5.91 Å². The maximum Gasteiger partial charge on any atom is 0.303 e. The Morgan fingerprint density at radius 1 is 1.20 bits per heavy atom. The van der Waals surface area contributed by atoms with Crippen molar-refractivity contribution in [1.82, 2.24) is 20.3 Å². The highest BCUT2D eigenvalue weighted by molar-refractivity contribution is 5.93. The Kier molecular flexibility index (Phi) is 6.50. The van der Waals surface area contributed by atoms with Crippen molar-refractivity contribution in [2.24, 2.45) is 0 Å². The first-order chi connectivity index (χ1) is 12.0. The molecule has 2 aromatic rings. The van der Waals surface area contributed by atoms with E-state index in [1.54, 1.807) is 18.7 Å². The van der Waals surface area contributed by atoms with Gasteiger partial charge >= 0.3 is 5.97 Å². The molecule has 0 unspecified atom stereocenters. The predicted molar refractivity (Wildman–Crippen MR) is 91.1 cm³/mol. The number of nitrogens with one attached hydrogen (secondary N) is 1. The Morgan fingerprint density at radius 3 is 2.56 bits per heavy atom. The van der Waals surface area contributed by atoms with Crippen LogP contribution in [0.3, 0.4) is 0 Å². The molecule has 0 saturated heterocycles. The molecule has 2 N–H and O–H groups in total. The van der Waals surface area contributed by atoms with Crippen molar-refractivity contribution < 1.29 is 19.4 Å². The van der Waals surface area contributed by atoms with E-state index in [1.807, 2.05) is 24.3 Å². The molecule has 1 aromatic heterocycles. The fourth-order valence-electron chi connectivity index (χ4n) is 2.37. The summed E-state index contributed by atoms with van der Waals surface area (Å²) in [5.74, 6) is -0.340. The number of rotatable bonds is 9. The molecule has 0 saturated carbocycles. The molecule has 25 heavy (non-hydrogen) atoms. The first-order valence-electron chi connectivity index (χ1n) is 8.09. The number of carboxylic acid groups (broad SMARTS) is 1. The van der Waals surface area contributed by atoms with Crippen LogP contribution in [0.15, 0.2) is 24.3 Å². The van der Waals surface area contributed by atoms with Gasteiger partial charge in [-0.15, -0.1) is 5.10 Å². The molecule has 1 heterocycles. The summed E-state index contributed by atoms with van der Waals surface area (Å²) in [6, 6.07) is 7.30. The molecule has 0 spiro atoms. The molecule has 0 fully saturated rings. The van der Waals surface area contributed by atoms with Crippen molar-refractivity contribution in [2.45, 2.75) is 32.6 Å². The minimum absolute atomic E-state index is 0.156. The molecule has 8 heteroatoms. The fourth-order valence-corrected chi connectivity index (χ4v) is 2.37. The Hall–Kier alpha value is -2.90. The summed E-state index contributed by atoms with van der Waals surface area (Å²) in [4.78, 5) is 22.6. The fraction of sp³-hybridized carbons (Fsp3) is 0.412. The lowest BCUT2D eigenvalue weighted by molar-refractivity contribution is -0.137. The number of unbranched alkanes of at least 4 members (excludes halogenated alkanes) is 2. The van der Waals surface area contributed by atoms with E-state index in [1.165, 1.54) is 0 Å². The van der Waals surface area contributed by atoms with Gasteiger partial charge in [0.05, 0.1) is 18.5 Å². The SMILES string of the molecule is COc1ccc(-n2nnc(C(=O)NCCCCCC(=O)O)c2C)cc1. The number of methoxy groups -OCH3 is 1. The third-order valence-electron chi connectivity index (χ3n) is 3.78. The van der Waals surface area contributed by atoms with Crippen LogP contribution < -0.4 is 10.1 Å². The van der Waals surface area contributed by atoms with Gasteiger partial charge in [-0.3, -0.25) is 9.59 Å². The summed E-state index contributed by atoms with van der Waals surface area (Å²) in [5, 5.41) is 19.4. The summed E-state index contributed by atoms with van der Waals surface area (Å²) in [7, 11) is 1.60. The smallest absolute Gasteiger partial charge is 0.303 e. The number of amides is 1. The largest absolute Gasteiger partial charge is 0.497 e. The Bertz CT molecular complexity index is 725. The Balaban J connectivity index is 1.90. The summed E-state index contributed by atoms with van der Waals surface area (Å²) < 4.78 is 6.72. The standard InChI is InChI=1S/C17H22N4O4/c1-12-16(17(24)18-11-5-3-4-6-15(22)23)19-20-21(12)13-7-9-14(25-2)10-8-13/h7-10H,3-6,11H2,1-2H3,(H,18,24)(H,22,23). The number of hydrogen-bond acceptors (Lipinski definition) is 5. The van der Waals surface area contributed by atoms with E-state index in [9.17, 15) is 9.59 Å². The second kappa shape index (κ2) is 8.81. The van der Waals surface area contributed by atoms with Crippen molar-refractivity contribution in [3.8, 4) is 11.4 Å². The second-order valence-electron chi connectivity index (χ2n) is 5.59. The van der Waals surface area contributed by atoms with E-state index in [-0.39, 0.29) is 18.0 Å². The lowest BCUT2D eigenvalue weighted by atomic mass is 10.2. The van der Waals surface area contributed by atoms with Gasteiger partial charge in [-0.05, 0) is 44.0 Å². The number of carboxylic acids is 1. The topological polar surface area (TPSA) is 106 Å². The van der Waals surface area contributed by atoms with Crippen LogP contribution in [0.1, 0.15) is 41.9 Å². The van der Waals surface area contributed by atoms with Gasteiger partial charge < -0.3 is 15.2 Å². The second-order valence-corrected chi connectivity index (χ2v) is 5.59. The van der Waals surface area contributed by atoms with E-state index in [4.69, 9.17) is 9.84 Å². The molecular weight excluding hydrogens is 324 g/mol. The number of nitrogens with zero attached hydrogens (tertiary/aromatic N) is 3. The summed E-state index contributed by atoms with van der Waals surface area (Å²) in [6.07, 6.45) is 2.25. The van der Waals surface area contributed by atoms with Crippen LogP contribution in [0, 0.1) is 6.92 Å². The van der Waals surface area contributed by atoms with Gasteiger partial charge in [0.15, 0.2) is 5.69 Å². The molecule has 134 valence electrons. The van der Waals surface area contributed by atoms with Crippen LogP contribution in [0.4, 0.5) is 0 Å². The quantitative estimate of drug-likeness (QED) is 0.672. The number of aliphatic carboxylic acids is 1. The van der Waals surface area contributed by atoms with Gasteiger partial charge in [-0.2, -0.15) is 0 Å². The lowest BCUT2D eigenvalue weighted by Gasteiger charge is -2.06. The summed E-state index contributed by atoms with van der Waals surface area (Å²) >= 11 is 0. The van der Waals surface area contributed by atoms with Crippen molar-refractivity contribution >= 4 is 11.9 Å². The number of ether oxygens (including phenoxy) is 1. The number of carbonyl (C=O) groups excluding carboxylic acids is 1. The molecule has 0 aliphatic carbocycles. The molecule has 0 atom stereocenters.